The molecular formula is C29H33N3O5. The number of ether oxygens (including phenoxy) is 1. The maximum absolute atomic E-state index is 13.8. The highest BCUT2D eigenvalue weighted by Gasteiger charge is 2.39. The number of phenolic OH excluding ortho intramolecular Hbond substituents is 1. The number of anilines is 1. The Bertz CT molecular complexity index is 1300. The molecule has 37 heavy (non-hydrogen) atoms. The number of phenols is 1. The van der Waals surface area contributed by atoms with Gasteiger partial charge in [-0.1, -0.05) is 42.5 Å². The second-order valence-electron chi connectivity index (χ2n) is 10.3. The summed E-state index contributed by atoms with van der Waals surface area (Å²) in [4.78, 5) is 41.0. The zero-order chi connectivity index (χ0) is 26.6. The van der Waals surface area contributed by atoms with E-state index in [1.54, 1.807) is 32.9 Å². The van der Waals surface area contributed by atoms with Crippen LogP contribution in [0.4, 0.5) is 10.5 Å². The van der Waals surface area contributed by atoms with Crippen LogP contribution in [-0.2, 0) is 14.3 Å². The molecule has 3 amide bonds. The van der Waals surface area contributed by atoms with Gasteiger partial charge in [0.15, 0.2) is 0 Å². The fourth-order valence-electron chi connectivity index (χ4n) is 4.39. The number of fused-ring (bicyclic) bond motifs is 1. The molecule has 0 saturated heterocycles. The minimum absolute atomic E-state index is 0.00565. The number of rotatable bonds is 7. The Hall–Kier alpha value is -4.07. The molecule has 1 fully saturated rings. The van der Waals surface area contributed by atoms with Crippen LogP contribution in [0.5, 0.6) is 5.75 Å². The third-order valence-corrected chi connectivity index (χ3v) is 6.27. The van der Waals surface area contributed by atoms with Crippen LogP contribution < -0.4 is 10.6 Å². The van der Waals surface area contributed by atoms with Gasteiger partial charge in [0.1, 0.15) is 23.9 Å². The normalized spacial score (nSPS) is 14.4. The molecule has 1 saturated carbocycles. The summed E-state index contributed by atoms with van der Waals surface area (Å²) >= 11 is 0. The molecule has 1 aliphatic carbocycles. The third-order valence-electron chi connectivity index (χ3n) is 6.27. The standard InChI is InChI=1S/C29H33N3O5/c1-29(2,3)37-28(36)30-18-25(34)32(23-11-7-12-23)26(21-10-6-13-24(33)17-21)27(35)31-22-15-14-19-8-4-5-9-20(19)16-22/h4-6,8-10,13-17,23,26,33H,7,11-12,18H2,1-3H3,(H,30,36)(H,31,35). The summed E-state index contributed by atoms with van der Waals surface area (Å²) in [7, 11) is 0. The maximum atomic E-state index is 13.8. The number of carbonyl (C=O) groups excluding carboxylic acids is 3. The quantitative estimate of drug-likeness (QED) is 0.414. The highest BCUT2D eigenvalue weighted by atomic mass is 16.6. The molecule has 1 aliphatic rings. The molecule has 3 N–H and O–H groups in total. The Morgan fingerprint density at radius 2 is 1.73 bits per heavy atom. The van der Waals surface area contributed by atoms with Crippen LogP contribution >= 0.6 is 0 Å². The van der Waals surface area contributed by atoms with Crippen molar-refractivity contribution in [2.45, 2.75) is 57.7 Å². The maximum Gasteiger partial charge on any atom is 0.408 e. The topological polar surface area (TPSA) is 108 Å². The van der Waals surface area contributed by atoms with E-state index in [2.05, 4.69) is 10.6 Å². The minimum atomic E-state index is -1.00. The van der Waals surface area contributed by atoms with Crippen molar-refractivity contribution in [2.24, 2.45) is 0 Å². The van der Waals surface area contributed by atoms with Gasteiger partial charge in [0, 0.05) is 11.7 Å². The van der Waals surface area contributed by atoms with E-state index in [1.165, 1.54) is 17.0 Å². The smallest absolute Gasteiger partial charge is 0.408 e. The Balaban J connectivity index is 1.62. The molecule has 4 rings (SSSR count). The number of carbonyl (C=O) groups is 3. The summed E-state index contributed by atoms with van der Waals surface area (Å²) < 4.78 is 5.26. The molecule has 1 unspecified atom stereocenters. The van der Waals surface area contributed by atoms with E-state index in [-0.39, 0.29) is 18.3 Å². The zero-order valence-corrected chi connectivity index (χ0v) is 21.4. The average Bonchev–Trinajstić information content (AvgIpc) is 2.80. The van der Waals surface area contributed by atoms with E-state index in [9.17, 15) is 19.5 Å². The van der Waals surface area contributed by atoms with Gasteiger partial charge in [-0.2, -0.15) is 0 Å². The van der Waals surface area contributed by atoms with Crippen molar-refractivity contribution < 1.29 is 24.2 Å². The summed E-state index contributed by atoms with van der Waals surface area (Å²) in [5, 5.41) is 17.7. The van der Waals surface area contributed by atoms with Crippen molar-refractivity contribution in [2.75, 3.05) is 11.9 Å². The van der Waals surface area contributed by atoms with Crippen LogP contribution in [0, 0.1) is 0 Å². The lowest BCUT2D eigenvalue weighted by atomic mass is 9.88. The lowest BCUT2D eigenvalue weighted by molar-refractivity contribution is -0.143. The Labute approximate surface area is 216 Å². The number of nitrogens with one attached hydrogen (secondary N) is 2. The van der Waals surface area contributed by atoms with E-state index in [0.717, 1.165) is 30.0 Å². The number of aromatic hydroxyl groups is 1. The number of amides is 3. The zero-order valence-electron chi connectivity index (χ0n) is 21.4. The second kappa shape index (κ2) is 10.9. The molecular weight excluding hydrogens is 470 g/mol. The summed E-state index contributed by atoms with van der Waals surface area (Å²) in [5.74, 6) is -0.815. The van der Waals surface area contributed by atoms with Crippen LogP contribution in [0.1, 0.15) is 51.6 Å². The van der Waals surface area contributed by atoms with E-state index < -0.39 is 29.6 Å². The van der Waals surface area contributed by atoms with Crippen LogP contribution in [0.2, 0.25) is 0 Å². The van der Waals surface area contributed by atoms with Gasteiger partial charge < -0.3 is 25.4 Å². The van der Waals surface area contributed by atoms with E-state index in [1.807, 2.05) is 42.5 Å². The van der Waals surface area contributed by atoms with E-state index in [0.29, 0.717) is 11.3 Å². The number of nitrogens with zero attached hydrogens (tertiary/aromatic N) is 1. The Morgan fingerprint density at radius 1 is 1.00 bits per heavy atom. The SMILES string of the molecule is CC(C)(C)OC(=O)NCC(=O)N(C1CCC1)C(C(=O)Nc1ccc2ccccc2c1)c1cccc(O)c1. The van der Waals surface area contributed by atoms with Gasteiger partial charge in [0.05, 0.1) is 0 Å². The molecule has 3 aromatic rings. The van der Waals surface area contributed by atoms with Crippen molar-refractivity contribution in [3.63, 3.8) is 0 Å². The molecule has 0 radical (unpaired) electrons. The van der Waals surface area contributed by atoms with Gasteiger partial charge in [-0.15, -0.1) is 0 Å². The van der Waals surface area contributed by atoms with Crippen LogP contribution in [-0.4, -0.2) is 46.1 Å². The molecule has 1 atom stereocenters. The minimum Gasteiger partial charge on any atom is -0.508 e. The fraction of sp³-hybridized carbons (Fsp3) is 0.345. The van der Waals surface area contributed by atoms with Crippen molar-refractivity contribution in [1.29, 1.82) is 0 Å². The first-order valence-electron chi connectivity index (χ1n) is 12.5. The van der Waals surface area contributed by atoms with Gasteiger partial charge in [0.25, 0.3) is 5.91 Å². The van der Waals surface area contributed by atoms with Crippen LogP contribution in [0.15, 0.2) is 66.7 Å². The van der Waals surface area contributed by atoms with Gasteiger partial charge in [-0.3, -0.25) is 9.59 Å². The third kappa shape index (κ3) is 6.58. The number of alkyl carbamates (subject to hydrolysis) is 1. The lowest BCUT2D eigenvalue weighted by Crippen LogP contribution is -2.53. The molecule has 0 spiro atoms. The summed E-state index contributed by atoms with van der Waals surface area (Å²) in [6.45, 7) is 4.91. The fourth-order valence-corrected chi connectivity index (χ4v) is 4.39. The largest absolute Gasteiger partial charge is 0.508 e. The van der Waals surface area contributed by atoms with E-state index in [4.69, 9.17) is 4.74 Å². The first kappa shape index (κ1) is 26.0. The first-order chi connectivity index (χ1) is 17.6. The Kier molecular flexibility index (Phi) is 7.66. The molecule has 0 bridgehead atoms. The molecule has 0 heterocycles. The predicted octanol–water partition coefficient (Wildman–Crippen LogP) is 5.13. The van der Waals surface area contributed by atoms with Crippen LogP contribution in [0.3, 0.4) is 0 Å². The summed E-state index contributed by atoms with van der Waals surface area (Å²) in [6, 6.07) is 18.7. The number of hydrogen-bond acceptors (Lipinski definition) is 5. The molecule has 0 aliphatic heterocycles. The van der Waals surface area contributed by atoms with Crippen molar-refractivity contribution >= 4 is 34.4 Å². The molecule has 8 heteroatoms. The highest BCUT2D eigenvalue weighted by molar-refractivity contribution is 6.00. The second-order valence-corrected chi connectivity index (χ2v) is 10.3. The molecule has 3 aromatic carbocycles. The van der Waals surface area contributed by atoms with Crippen molar-refractivity contribution in [3.05, 3.63) is 72.3 Å². The predicted molar refractivity (Wildman–Crippen MR) is 142 cm³/mol. The van der Waals surface area contributed by atoms with Crippen LogP contribution in [0.25, 0.3) is 10.8 Å². The number of hydrogen-bond donors (Lipinski definition) is 3. The summed E-state index contributed by atoms with van der Waals surface area (Å²) in [6.07, 6.45) is 1.73. The molecule has 0 aromatic heterocycles. The molecule has 8 nitrogen and oxygen atoms in total. The van der Waals surface area contributed by atoms with E-state index >= 15 is 0 Å². The average molecular weight is 504 g/mol. The highest BCUT2D eigenvalue weighted by Crippen LogP contribution is 2.34. The monoisotopic (exact) mass is 503 g/mol. The number of benzene rings is 3. The first-order valence-corrected chi connectivity index (χ1v) is 12.5. The van der Waals surface area contributed by atoms with Crippen molar-refractivity contribution in [3.8, 4) is 5.75 Å². The lowest BCUT2D eigenvalue weighted by Gasteiger charge is -2.42. The van der Waals surface area contributed by atoms with Gasteiger partial charge in [-0.25, -0.2) is 4.79 Å². The summed E-state index contributed by atoms with van der Waals surface area (Å²) in [5.41, 5.74) is 0.377. The van der Waals surface area contributed by atoms with Gasteiger partial charge in [-0.05, 0) is 80.6 Å². The van der Waals surface area contributed by atoms with Gasteiger partial charge in [0.2, 0.25) is 5.91 Å². The van der Waals surface area contributed by atoms with Gasteiger partial charge >= 0.3 is 6.09 Å². The molecule has 194 valence electrons. The van der Waals surface area contributed by atoms with Crippen molar-refractivity contribution in [1.82, 2.24) is 10.2 Å². The Morgan fingerprint density at radius 3 is 2.38 bits per heavy atom.